The quantitative estimate of drug-likeness (QED) is 0.663. The first kappa shape index (κ1) is 17.2. The van der Waals surface area contributed by atoms with Gasteiger partial charge in [0.1, 0.15) is 17.4 Å². The first-order valence-corrected chi connectivity index (χ1v) is 7.03. The smallest absolute Gasteiger partial charge is 0.387 e. The van der Waals surface area contributed by atoms with E-state index in [0.717, 1.165) is 5.56 Å². The molecule has 24 heavy (non-hydrogen) atoms. The number of amides is 1. The molecule has 0 radical (unpaired) electrons. The number of hydrogen-bond donors (Lipinski definition) is 1. The van der Waals surface area contributed by atoms with Gasteiger partial charge in [0.05, 0.1) is 0 Å². The number of para-hydroxylation sites is 1. The summed E-state index contributed by atoms with van der Waals surface area (Å²) in [5.41, 5.74) is 1.56. The highest BCUT2D eigenvalue weighted by Gasteiger charge is 2.13. The highest BCUT2D eigenvalue weighted by Crippen LogP contribution is 2.23. The minimum absolute atomic E-state index is 0.108. The molecule has 0 aromatic heterocycles. The molecule has 0 saturated carbocycles. The van der Waals surface area contributed by atoms with E-state index in [1.54, 1.807) is 24.3 Å². The molecule has 0 bridgehead atoms. The lowest BCUT2D eigenvalue weighted by Gasteiger charge is -2.08. The van der Waals surface area contributed by atoms with Crippen LogP contribution in [0, 0.1) is 18.3 Å². The van der Waals surface area contributed by atoms with Crippen LogP contribution in [0.25, 0.3) is 6.08 Å². The van der Waals surface area contributed by atoms with Crippen LogP contribution in [0.5, 0.6) is 5.75 Å². The van der Waals surface area contributed by atoms with Crippen LogP contribution < -0.4 is 10.1 Å². The van der Waals surface area contributed by atoms with Gasteiger partial charge in [0.15, 0.2) is 0 Å². The van der Waals surface area contributed by atoms with Gasteiger partial charge in [0.25, 0.3) is 5.91 Å². The predicted molar refractivity (Wildman–Crippen MR) is 86.5 cm³/mol. The summed E-state index contributed by atoms with van der Waals surface area (Å²) in [6.45, 7) is -1.09. The molecular formula is C18H14F2N2O2. The molecule has 0 spiro atoms. The molecule has 0 atom stereocenters. The van der Waals surface area contributed by atoms with Gasteiger partial charge >= 0.3 is 6.61 Å². The SMILES string of the molecule is Cc1ccc(NC(=O)/C(C#N)=C/c2ccccc2OC(F)F)cc1. The minimum Gasteiger partial charge on any atom is -0.434 e. The van der Waals surface area contributed by atoms with Crippen molar-refractivity contribution >= 4 is 17.7 Å². The van der Waals surface area contributed by atoms with Crippen molar-refractivity contribution in [3.05, 3.63) is 65.2 Å². The predicted octanol–water partition coefficient (Wildman–Crippen LogP) is 4.14. The second-order valence-electron chi connectivity index (χ2n) is 4.91. The zero-order valence-electron chi connectivity index (χ0n) is 12.8. The number of carbonyl (C=O) groups excluding carboxylic acids is 1. The van der Waals surface area contributed by atoms with Gasteiger partial charge in [0.2, 0.25) is 0 Å². The third-order valence-electron chi connectivity index (χ3n) is 3.11. The third kappa shape index (κ3) is 4.65. The van der Waals surface area contributed by atoms with Gasteiger partial charge in [-0.15, -0.1) is 0 Å². The Kier molecular flexibility index (Phi) is 5.63. The first-order valence-electron chi connectivity index (χ1n) is 7.03. The minimum atomic E-state index is -2.99. The van der Waals surface area contributed by atoms with Crippen molar-refractivity contribution in [3.8, 4) is 11.8 Å². The van der Waals surface area contributed by atoms with Crippen molar-refractivity contribution in [1.29, 1.82) is 5.26 Å². The zero-order chi connectivity index (χ0) is 17.5. The molecule has 0 fully saturated rings. The standard InChI is InChI=1S/C18H14F2N2O2/c1-12-6-8-15(9-7-12)22-17(23)14(11-21)10-13-4-2-3-5-16(13)24-18(19)20/h2-10,18H,1H3,(H,22,23)/b14-10+. The molecule has 0 unspecified atom stereocenters. The van der Waals surface area contributed by atoms with E-state index >= 15 is 0 Å². The van der Waals surface area contributed by atoms with E-state index in [4.69, 9.17) is 0 Å². The molecule has 2 rings (SSSR count). The lowest BCUT2D eigenvalue weighted by Crippen LogP contribution is -2.13. The van der Waals surface area contributed by atoms with Crippen molar-refractivity contribution in [2.75, 3.05) is 5.32 Å². The van der Waals surface area contributed by atoms with Crippen molar-refractivity contribution in [3.63, 3.8) is 0 Å². The topological polar surface area (TPSA) is 62.1 Å². The molecule has 0 aliphatic carbocycles. The number of rotatable bonds is 5. The van der Waals surface area contributed by atoms with Gasteiger partial charge in [-0.1, -0.05) is 35.9 Å². The summed E-state index contributed by atoms with van der Waals surface area (Å²) in [4.78, 5) is 12.2. The molecule has 2 aromatic rings. The Balaban J connectivity index is 2.24. The molecule has 1 N–H and O–H groups in total. The van der Waals surface area contributed by atoms with Crippen LogP contribution in [0.3, 0.4) is 0 Å². The second-order valence-corrected chi connectivity index (χ2v) is 4.91. The fourth-order valence-corrected chi connectivity index (χ4v) is 1.94. The zero-order valence-corrected chi connectivity index (χ0v) is 12.8. The molecule has 1 amide bonds. The average molecular weight is 328 g/mol. The maximum atomic E-state index is 12.4. The summed E-state index contributed by atoms with van der Waals surface area (Å²) in [6.07, 6.45) is 1.21. The lowest BCUT2D eigenvalue weighted by atomic mass is 10.1. The van der Waals surface area contributed by atoms with Gasteiger partial charge in [-0.05, 0) is 31.2 Å². The number of nitrogens with zero attached hydrogens (tertiary/aromatic N) is 1. The largest absolute Gasteiger partial charge is 0.434 e. The average Bonchev–Trinajstić information content (AvgIpc) is 2.55. The van der Waals surface area contributed by atoms with Crippen LogP contribution in [0.1, 0.15) is 11.1 Å². The summed E-state index contributed by atoms with van der Waals surface area (Å²) < 4.78 is 29.2. The normalized spacial score (nSPS) is 11.0. The van der Waals surface area contributed by atoms with E-state index < -0.39 is 12.5 Å². The number of ether oxygens (including phenoxy) is 1. The fourth-order valence-electron chi connectivity index (χ4n) is 1.94. The summed E-state index contributed by atoms with van der Waals surface area (Å²) >= 11 is 0. The molecule has 0 heterocycles. The third-order valence-corrected chi connectivity index (χ3v) is 3.11. The monoisotopic (exact) mass is 328 g/mol. The van der Waals surface area contributed by atoms with Gasteiger partial charge in [-0.3, -0.25) is 4.79 Å². The number of nitriles is 1. The maximum absolute atomic E-state index is 12.4. The maximum Gasteiger partial charge on any atom is 0.387 e. The first-order chi connectivity index (χ1) is 11.5. The van der Waals surface area contributed by atoms with Gasteiger partial charge in [-0.25, -0.2) is 0 Å². The number of carbonyl (C=O) groups is 1. The van der Waals surface area contributed by atoms with E-state index in [2.05, 4.69) is 10.1 Å². The van der Waals surface area contributed by atoms with Crippen LogP contribution >= 0.6 is 0 Å². The van der Waals surface area contributed by atoms with Crippen LogP contribution in [-0.4, -0.2) is 12.5 Å². The van der Waals surface area contributed by atoms with E-state index in [1.807, 2.05) is 19.1 Å². The van der Waals surface area contributed by atoms with Crippen LogP contribution in [0.4, 0.5) is 14.5 Å². The number of alkyl halides is 2. The molecular weight excluding hydrogens is 314 g/mol. The van der Waals surface area contributed by atoms with Gasteiger partial charge in [-0.2, -0.15) is 14.0 Å². The van der Waals surface area contributed by atoms with E-state index in [0.29, 0.717) is 5.69 Å². The number of halogens is 2. The molecule has 0 aliphatic rings. The highest BCUT2D eigenvalue weighted by atomic mass is 19.3. The second kappa shape index (κ2) is 7.88. The molecule has 4 nitrogen and oxygen atoms in total. The summed E-state index contributed by atoms with van der Waals surface area (Å²) in [7, 11) is 0. The van der Waals surface area contributed by atoms with Crippen molar-refractivity contribution in [1.82, 2.24) is 0 Å². The number of nitrogens with one attached hydrogen (secondary N) is 1. The lowest BCUT2D eigenvalue weighted by molar-refractivity contribution is -0.112. The Hall–Kier alpha value is -3.20. The Morgan fingerprint density at radius 1 is 1.21 bits per heavy atom. The fraction of sp³-hybridized carbons (Fsp3) is 0.111. The van der Waals surface area contributed by atoms with Crippen molar-refractivity contribution in [2.24, 2.45) is 0 Å². The molecule has 0 aliphatic heterocycles. The molecule has 6 heteroatoms. The Morgan fingerprint density at radius 3 is 2.50 bits per heavy atom. The van der Waals surface area contributed by atoms with Gasteiger partial charge in [0, 0.05) is 11.3 Å². The summed E-state index contributed by atoms with van der Waals surface area (Å²) in [5.74, 6) is -0.739. The van der Waals surface area contributed by atoms with Crippen molar-refractivity contribution in [2.45, 2.75) is 13.5 Å². The Bertz CT molecular complexity index is 793. The summed E-state index contributed by atoms with van der Waals surface area (Å²) in [6, 6.07) is 14.7. The number of benzene rings is 2. The molecule has 122 valence electrons. The number of hydrogen-bond acceptors (Lipinski definition) is 3. The van der Waals surface area contributed by atoms with E-state index in [-0.39, 0.29) is 16.9 Å². The number of aryl methyl sites for hydroxylation is 1. The van der Waals surface area contributed by atoms with Crippen LogP contribution in [-0.2, 0) is 4.79 Å². The van der Waals surface area contributed by atoms with E-state index in [1.165, 1.54) is 24.3 Å². The highest BCUT2D eigenvalue weighted by molar-refractivity contribution is 6.09. The van der Waals surface area contributed by atoms with E-state index in [9.17, 15) is 18.8 Å². The van der Waals surface area contributed by atoms with Crippen LogP contribution in [0.2, 0.25) is 0 Å². The Morgan fingerprint density at radius 2 is 1.88 bits per heavy atom. The van der Waals surface area contributed by atoms with Crippen LogP contribution in [0.15, 0.2) is 54.1 Å². The molecule has 2 aromatic carbocycles. The molecule has 0 saturated heterocycles. The number of anilines is 1. The van der Waals surface area contributed by atoms with Crippen molar-refractivity contribution < 1.29 is 18.3 Å². The summed E-state index contributed by atoms with van der Waals surface area (Å²) in [5, 5.41) is 11.8. The van der Waals surface area contributed by atoms with Gasteiger partial charge < -0.3 is 10.1 Å². The Labute approximate surface area is 138 Å².